The zero-order chi connectivity index (χ0) is 13.0. The van der Waals surface area contributed by atoms with Crippen molar-refractivity contribution in [2.75, 3.05) is 6.61 Å². The van der Waals surface area contributed by atoms with Crippen LogP contribution < -0.4 is 5.32 Å². The third-order valence-corrected chi connectivity index (χ3v) is 3.61. The third-order valence-electron chi connectivity index (χ3n) is 3.61. The van der Waals surface area contributed by atoms with Gasteiger partial charge < -0.3 is 10.4 Å². The second-order valence-corrected chi connectivity index (χ2v) is 5.14. The van der Waals surface area contributed by atoms with Gasteiger partial charge in [-0.3, -0.25) is 4.79 Å². The minimum absolute atomic E-state index is 0.00695. The van der Waals surface area contributed by atoms with E-state index in [0.717, 1.165) is 19.3 Å². The molecule has 0 heterocycles. The van der Waals surface area contributed by atoms with Crippen LogP contribution in [0.25, 0.3) is 0 Å². The molecule has 2 N–H and O–H groups in total. The second kappa shape index (κ2) is 6.01. The Morgan fingerprint density at radius 1 is 1.50 bits per heavy atom. The molecule has 0 aliphatic heterocycles. The number of carbonyl (C=O) groups excluding carboxylic acids is 1. The van der Waals surface area contributed by atoms with E-state index in [-0.39, 0.29) is 18.6 Å². The van der Waals surface area contributed by atoms with Crippen LogP contribution in [0.4, 0.5) is 0 Å². The molecule has 0 spiro atoms. The fourth-order valence-electron chi connectivity index (χ4n) is 2.67. The van der Waals surface area contributed by atoms with Gasteiger partial charge >= 0.3 is 0 Å². The predicted molar refractivity (Wildman–Crippen MR) is 71.4 cm³/mol. The van der Waals surface area contributed by atoms with Gasteiger partial charge in [0.25, 0.3) is 0 Å². The molecule has 0 aromatic heterocycles. The summed E-state index contributed by atoms with van der Waals surface area (Å²) in [5.41, 5.74) is 2.72. The van der Waals surface area contributed by atoms with Crippen LogP contribution in [0.2, 0.25) is 0 Å². The van der Waals surface area contributed by atoms with Crippen LogP contribution in [0, 0.1) is 0 Å². The molecule has 3 heteroatoms. The minimum Gasteiger partial charge on any atom is -0.394 e. The maximum atomic E-state index is 11.9. The van der Waals surface area contributed by atoms with Crippen molar-refractivity contribution in [1.82, 2.24) is 5.32 Å². The Balaban J connectivity index is 2.01. The number of amides is 1. The van der Waals surface area contributed by atoms with Gasteiger partial charge in [-0.2, -0.15) is 0 Å². The number of fused-ring (bicyclic) bond motifs is 1. The fourth-order valence-corrected chi connectivity index (χ4v) is 2.67. The molecule has 2 unspecified atom stereocenters. The van der Waals surface area contributed by atoms with E-state index in [0.29, 0.717) is 12.3 Å². The van der Waals surface area contributed by atoms with Gasteiger partial charge in [0, 0.05) is 12.5 Å². The summed E-state index contributed by atoms with van der Waals surface area (Å²) in [6, 6.07) is 8.26. The van der Waals surface area contributed by atoms with Crippen LogP contribution in [0.3, 0.4) is 0 Å². The van der Waals surface area contributed by atoms with Crippen molar-refractivity contribution in [3.63, 3.8) is 0 Å². The van der Waals surface area contributed by atoms with E-state index >= 15 is 0 Å². The van der Waals surface area contributed by atoms with E-state index < -0.39 is 0 Å². The lowest BCUT2D eigenvalue weighted by atomic mass is 9.81. The molecule has 2 atom stereocenters. The van der Waals surface area contributed by atoms with Gasteiger partial charge in [0.15, 0.2) is 0 Å². The lowest BCUT2D eigenvalue weighted by Gasteiger charge is -2.25. The molecule has 18 heavy (non-hydrogen) atoms. The summed E-state index contributed by atoms with van der Waals surface area (Å²) in [5.74, 6) is 0.374. The number of aliphatic hydroxyl groups is 1. The standard InChI is InChI=1S/C15H21NO2/c1-11(10-17)16-15(18)9-13-7-4-6-12-5-2-3-8-14(12)13/h2-3,5,8,11,13,17H,4,6-7,9-10H2,1H3,(H,16,18). The van der Waals surface area contributed by atoms with Crippen LogP contribution in [0.5, 0.6) is 0 Å². The summed E-state index contributed by atoms with van der Waals surface area (Å²) in [7, 11) is 0. The minimum atomic E-state index is -0.156. The molecule has 0 radical (unpaired) electrons. The first-order valence-electron chi connectivity index (χ1n) is 6.68. The Hall–Kier alpha value is -1.35. The molecule has 1 aromatic carbocycles. The Bertz CT molecular complexity index is 417. The smallest absolute Gasteiger partial charge is 0.220 e. The number of carbonyl (C=O) groups is 1. The van der Waals surface area contributed by atoms with E-state index in [2.05, 4.69) is 23.5 Å². The highest BCUT2D eigenvalue weighted by Crippen LogP contribution is 2.33. The average Bonchev–Trinajstić information content (AvgIpc) is 2.39. The van der Waals surface area contributed by atoms with Gasteiger partial charge in [-0.1, -0.05) is 24.3 Å². The molecule has 0 bridgehead atoms. The van der Waals surface area contributed by atoms with E-state index in [9.17, 15) is 4.79 Å². The number of benzene rings is 1. The van der Waals surface area contributed by atoms with E-state index in [1.807, 2.05) is 13.0 Å². The molecule has 0 saturated heterocycles. The highest BCUT2D eigenvalue weighted by Gasteiger charge is 2.22. The van der Waals surface area contributed by atoms with Gasteiger partial charge in [0.1, 0.15) is 0 Å². The molecule has 0 fully saturated rings. The van der Waals surface area contributed by atoms with Gasteiger partial charge in [-0.15, -0.1) is 0 Å². The number of hydrogen-bond donors (Lipinski definition) is 2. The maximum absolute atomic E-state index is 11.9. The lowest BCUT2D eigenvalue weighted by Crippen LogP contribution is -2.36. The molecule has 1 amide bonds. The predicted octanol–water partition coefficient (Wildman–Crippen LogP) is 1.99. The van der Waals surface area contributed by atoms with E-state index in [1.165, 1.54) is 11.1 Å². The highest BCUT2D eigenvalue weighted by atomic mass is 16.3. The molecule has 1 aliphatic rings. The Morgan fingerprint density at radius 2 is 2.28 bits per heavy atom. The van der Waals surface area contributed by atoms with Crippen molar-refractivity contribution < 1.29 is 9.90 Å². The largest absolute Gasteiger partial charge is 0.394 e. The Labute approximate surface area is 108 Å². The van der Waals surface area contributed by atoms with Gasteiger partial charge in [-0.25, -0.2) is 0 Å². The Morgan fingerprint density at radius 3 is 3.06 bits per heavy atom. The Kier molecular flexibility index (Phi) is 4.37. The average molecular weight is 247 g/mol. The first-order valence-corrected chi connectivity index (χ1v) is 6.68. The first kappa shape index (κ1) is 13.1. The SMILES string of the molecule is CC(CO)NC(=O)CC1CCCc2ccccc21. The van der Waals surface area contributed by atoms with E-state index in [1.54, 1.807) is 0 Å². The quantitative estimate of drug-likeness (QED) is 0.855. The van der Waals surface area contributed by atoms with Crippen LogP contribution in [-0.4, -0.2) is 23.7 Å². The summed E-state index contributed by atoms with van der Waals surface area (Å²) in [6.07, 6.45) is 3.89. The summed E-state index contributed by atoms with van der Waals surface area (Å²) < 4.78 is 0. The molecular weight excluding hydrogens is 226 g/mol. The molecule has 1 aromatic rings. The van der Waals surface area contributed by atoms with Crippen molar-refractivity contribution in [1.29, 1.82) is 0 Å². The van der Waals surface area contributed by atoms with Gasteiger partial charge in [-0.05, 0) is 43.2 Å². The van der Waals surface area contributed by atoms with Crippen molar-refractivity contribution in [3.8, 4) is 0 Å². The normalized spacial score (nSPS) is 20.0. The van der Waals surface area contributed by atoms with Crippen molar-refractivity contribution >= 4 is 5.91 Å². The molecule has 98 valence electrons. The second-order valence-electron chi connectivity index (χ2n) is 5.14. The summed E-state index contributed by atoms with van der Waals surface area (Å²) >= 11 is 0. The van der Waals surface area contributed by atoms with Gasteiger partial charge in [0.05, 0.1) is 6.61 Å². The van der Waals surface area contributed by atoms with Crippen molar-refractivity contribution in [2.45, 2.75) is 44.6 Å². The number of aryl methyl sites for hydroxylation is 1. The highest BCUT2D eigenvalue weighted by molar-refractivity contribution is 5.77. The molecule has 1 aliphatic carbocycles. The first-order chi connectivity index (χ1) is 8.70. The van der Waals surface area contributed by atoms with Crippen LogP contribution >= 0.6 is 0 Å². The topological polar surface area (TPSA) is 49.3 Å². The molecular formula is C15H21NO2. The summed E-state index contributed by atoms with van der Waals surface area (Å²) in [5, 5.41) is 11.8. The third kappa shape index (κ3) is 3.10. The van der Waals surface area contributed by atoms with Crippen molar-refractivity contribution in [2.24, 2.45) is 0 Å². The van der Waals surface area contributed by atoms with Crippen LogP contribution in [0.1, 0.15) is 43.2 Å². The molecule has 0 saturated carbocycles. The zero-order valence-electron chi connectivity index (χ0n) is 10.9. The monoisotopic (exact) mass is 247 g/mol. The van der Waals surface area contributed by atoms with E-state index in [4.69, 9.17) is 5.11 Å². The fraction of sp³-hybridized carbons (Fsp3) is 0.533. The number of rotatable bonds is 4. The molecule has 3 nitrogen and oxygen atoms in total. The number of hydrogen-bond acceptors (Lipinski definition) is 2. The molecule has 2 rings (SSSR count). The number of nitrogens with one attached hydrogen (secondary N) is 1. The lowest BCUT2D eigenvalue weighted by molar-refractivity contribution is -0.122. The number of aliphatic hydroxyl groups excluding tert-OH is 1. The summed E-state index contributed by atoms with van der Waals surface area (Å²) in [4.78, 5) is 11.9. The zero-order valence-corrected chi connectivity index (χ0v) is 10.9. The van der Waals surface area contributed by atoms with Crippen LogP contribution in [-0.2, 0) is 11.2 Å². The van der Waals surface area contributed by atoms with Crippen molar-refractivity contribution in [3.05, 3.63) is 35.4 Å². The maximum Gasteiger partial charge on any atom is 0.220 e. The van der Waals surface area contributed by atoms with Crippen LogP contribution in [0.15, 0.2) is 24.3 Å². The summed E-state index contributed by atoms with van der Waals surface area (Å²) in [6.45, 7) is 1.81. The van der Waals surface area contributed by atoms with Gasteiger partial charge in [0.2, 0.25) is 5.91 Å².